The van der Waals surface area contributed by atoms with Crippen LogP contribution in [0.25, 0.3) is 10.8 Å². The van der Waals surface area contributed by atoms with Crippen LogP contribution in [0.2, 0.25) is 0 Å². The summed E-state index contributed by atoms with van der Waals surface area (Å²) in [5, 5.41) is 2.19. The maximum absolute atomic E-state index is 12.1. The van der Waals surface area contributed by atoms with Crippen LogP contribution in [-0.4, -0.2) is 28.2 Å². The third-order valence-corrected chi connectivity index (χ3v) is 4.10. The molecule has 0 bridgehead atoms. The molecule has 3 rings (SSSR count). The number of hydrogen-bond acceptors (Lipinski definition) is 3. The Bertz CT molecular complexity index is 727. The molecule has 5 nitrogen and oxygen atoms in total. The number of aromatic nitrogens is 1. The molecule has 2 aromatic rings. The van der Waals surface area contributed by atoms with E-state index in [0.717, 1.165) is 21.9 Å². The summed E-state index contributed by atoms with van der Waals surface area (Å²) >= 11 is 0. The van der Waals surface area contributed by atoms with E-state index in [1.807, 2.05) is 19.2 Å². The van der Waals surface area contributed by atoms with Gasteiger partial charge in [0.2, 0.25) is 11.8 Å². The zero-order valence-electron chi connectivity index (χ0n) is 11.9. The van der Waals surface area contributed by atoms with Crippen molar-refractivity contribution in [2.24, 2.45) is 11.7 Å². The van der Waals surface area contributed by atoms with Crippen molar-refractivity contribution in [1.82, 2.24) is 9.88 Å². The first-order valence-electron chi connectivity index (χ1n) is 6.97. The quantitative estimate of drug-likeness (QED) is 0.864. The molecule has 1 fully saturated rings. The van der Waals surface area contributed by atoms with Gasteiger partial charge >= 0.3 is 0 Å². The van der Waals surface area contributed by atoms with Gasteiger partial charge in [0, 0.05) is 30.9 Å². The lowest BCUT2D eigenvalue weighted by atomic mass is 10.0. The lowest BCUT2D eigenvalue weighted by molar-refractivity contribution is -0.136. The lowest BCUT2D eigenvalue weighted by Crippen LogP contribution is -2.33. The van der Waals surface area contributed by atoms with E-state index in [1.165, 1.54) is 0 Å². The Morgan fingerprint density at radius 2 is 2.24 bits per heavy atom. The van der Waals surface area contributed by atoms with Crippen molar-refractivity contribution in [3.8, 4) is 0 Å². The maximum atomic E-state index is 12.1. The molecule has 5 heteroatoms. The van der Waals surface area contributed by atoms with Gasteiger partial charge in [-0.15, -0.1) is 0 Å². The number of nitrogens with two attached hydrogens (primary N) is 1. The molecule has 0 radical (unpaired) electrons. The van der Waals surface area contributed by atoms with Gasteiger partial charge in [0.05, 0.1) is 0 Å². The SMILES string of the molecule is Cc1cc2ccncc2cc1CN1CC[C@@H](C(N)=O)C1=O. The molecule has 0 spiro atoms. The van der Waals surface area contributed by atoms with Crippen LogP contribution in [0.15, 0.2) is 30.6 Å². The third-order valence-electron chi connectivity index (χ3n) is 4.10. The maximum Gasteiger partial charge on any atom is 0.235 e. The van der Waals surface area contributed by atoms with Crippen LogP contribution >= 0.6 is 0 Å². The number of nitrogens with zero attached hydrogens (tertiary/aromatic N) is 2. The first-order valence-corrected chi connectivity index (χ1v) is 6.97. The highest BCUT2D eigenvalue weighted by molar-refractivity contribution is 6.00. The Kier molecular flexibility index (Phi) is 3.33. The number of carbonyl (C=O) groups excluding carboxylic acids is 2. The monoisotopic (exact) mass is 283 g/mol. The molecular formula is C16H17N3O2. The van der Waals surface area contributed by atoms with Crippen LogP contribution in [0.4, 0.5) is 0 Å². The third kappa shape index (κ3) is 2.46. The summed E-state index contributed by atoms with van der Waals surface area (Å²) in [7, 11) is 0. The second-order valence-corrected chi connectivity index (χ2v) is 5.50. The number of benzene rings is 1. The predicted molar refractivity (Wildman–Crippen MR) is 79.2 cm³/mol. The zero-order chi connectivity index (χ0) is 15.0. The topological polar surface area (TPSA) is 76.3 Å². The van der Waals surface area contributed by atoms with Gasteiger partial charge in [0.25, 0.3) is 0 Å². The number of primary amides is 1. The molecule has 2 N–H and O–H groups in total. The van der Waals surface area contributed by atoms with Crippen molar-refractivity contribution in [1.29, 1.82) is 0 Å². The minimum atomic E-state index is -0.660. The molecule has 1 aromatic carbocycles. The molecule has 1 aromatic heterocycles. The number of rotatable bonds is 3. The molecule has 1 aliphatic heterocycles. The highest BCUT2D eigenvalue weighted by atomic mass is 16.2. The molecule has 21 heavy (non-hydrogen) atoms. The van der Waals surface area contributed by atoms with E-state index in [9.17, 15) is 9.59 Å². The van der Waals surface area contributed by atoms with Crippen molar-refractivity contribution in [3.05, 3.63) is 41.7 Å². The Morgan fingerprint density at radius 3 is 2.95 bits per heavy atom. The van der Waals surface area contributed by atoms with Gasteiger partial charge in [-0.2, -0.15) is 0 Å². The van der Waals surface area contributed by atoms with E-state index < -0.39 is 11.8 Å². The van der Waals surface area contributed by atoms with Gasteiger partial charge in [0.15, 0.2) is 0 Å². The van der Waals surface area contributed by atoms with E-state index in [4.69, 9.17) is 5.73 Å². The average Bonchev–Trinajstić information content (AvgIpc) is 2.81. The Balaban J connectivity index is 1.87. The summed E-state index contributed by atoms with van der Waals surface area (Å²) in [5.74, 6) is -1.34. The second-order valence-electron chi connectivity index (χ2n) is 5.50. The van der Waals surface area contributed by atoms with Crippen LogP contribution in [0.3, 0.4) is 0 Å². The molecule has 108 valence electrons. The van der Waals surface area contributed by atoms with E-state index in [0.29, 0.717) is 19.5 Å². The van der Waals surface area contributed by atoms with Gasteiger partial charge in [-0.3, -0.25) is 14.6 Å². The molecule has 0 unspecified atom stereocenters. The second kappa shape index (κ2) is 5.16. The van der Waals surface area contributed by atoms with Crippen LogP contribution in [-0.2, 0) is 16.1 Å². The minimum absolute atomic E-state index is 0.159. The first-order chi connectivity index (χ1) is 10.1. The smallest absolute Gasteiger partial charge is 0.235 e. The zero-order valence-corrected chi connectivity index (χ0v) is 11.9. The largest absolute Gasteiger partial charge is 0.369 e. The fourth-order valence-electron chi connectivity index (χ4n) is 2.83. The van der Waals surface area contributed by atoms with E-state index in [2.05, 4.69) is 17.1 Å². The number of fused-ring (bicyclic) bond motifs is 1. The summed E-state index contributed by atoms with van der Waals surface area (Å²) in [4.78, 5) is 29.2. The van der Waals surface area contributed by atoms with Crippen LogP contribution in [0, 0.1) is 12.8 Å². The number of pyridine rings is 1. The van der Waals surface area contributed by atoms with Crippen LogP contribution in [0.1, 0.15) is 17.5 Å². The number of likely N-dealkylation sites (tertiary alicyclic amines) is 1. The van der Waals surface area contributed by atoms with Crippen molar-refractivity contribution in [3.63, 3.8) is 0 Å². The van der Waals surface area contributed by atoms with Gasteiger partial charge in [-0.25, -0.2) is 0 Å². The first kappa shape index (κ1) is 13.5. The van der Waals surface area contributed by atoms with Crippen molar-refractivity contribution in [2.45, 2.75) is 19.9 Å². The lowest BCUT2D eigenvalue weighted by Gasteiger charge is -2.18. The minimum Gasteiger partial charge on any atom is -0.369 e. The Morgan fingerprint density at radius 1 is 1.43 bits per heavy atom. The summed E-state index contributed by atoms with van der Waals surface area (Å²) in [6, 6.07) is 6.12. The van der Waals surface area contributed by atoms with Crippen molar-refractivity contribution < 1.29 is 9.59 Å². The van der Waals surface area contributed by atoms with Crippen molar-refractivity contribution >= 4 is 22.6 Å². The highest BCUT2D eigenvalue weighted by Crippen LogP contribution is 2.24. The van der Waals surface area contributed by atoms with E-state index in [1.54, 1.807) is 11.1 Å². The van der Waals surface area contributed by atoms with Gasteiger partial charge in [0.1, 0.15) is 5.92 Å². The molecule has 1 saturated heterocycles. The number of carbonyl (C=O) groups is 2. The average molecular weight is 283 g/mol. The van der Waals surface area contributed by atoms with Gasteiger partial charge in [-0.1, -0.05) is 6.07 Å². The Hall–Kier alpha value is -2.43. The number of hydrogen-bond donors (Lipinski definition) is 1. The summed E-state index contributed by atoms with van der Waals surface area (Å²) in [6.07, 6.45) is 4.10. The number of amides is 2. The highest BCUT2D eigenvalue weighted by Gasteiger charge is 2.35. The van der Waals surface area contributed by atoms with Crippen molar-refractivity contribution in [2.75, 3.05) is 6.54 Å². The van der Waals surface area contributed by atoms with E-state index in [-0.39, 0.29) is 5.91 Å². The molecule has 2 amide bonds. The molecule has 0 aliphatic carbocycles. The standard InChI is InChI=1S/C16H17N3O2/c1-10-6-11-2-4-18-8-12(11)7-13(10)9-19-5-3-14(15(17)20)16(19)21/h2,4,6-8,14H,3,5,9H2,1H3,(H2,17,20)/t14-/m0/s1. The van der Waals surface area contributed by atoms with Crippen LogP contribution in [0.5, 0.6) is 0 Å². The summed E-state index contributed by atoms with van der Waals surface area (Å²) in [6.45, 7) is 3.12. The van der Waals surface area contributed by atoms with E-state index >= 15 is 0 Å². The normalized spacial score (nSPS) is 18.4. The Labute approximate surface area is 122 Å². The van der Waals surface area contributed by atoms with Crippen LogP contribution < -0.4 is 5.73 Å². The molecule has 1 atom stereocenters. The molecule has 2 heterocycles. The summed E-state index contributed by atoms with van der Waals surface area (Å²) < 4.78 is 0. The molecule has 1 aliphatic rings. The molecule has 0 saturated carbocycles. The summed E-state index contributed by atoms with van der Waals surface area (Å²) in [5.41, 5.74) is 7.46. The fourth-order valence-corrected chi connectivity index (χ4v) is 2.83. The van der Waals surface area contributed by atoms with Gasteiger partial charge in [-0.05, 0) is 42.0 Å². The molecular weight excluding hydrogens is 266 g/mol. The number of aryl methyl sites for hydroxylation is 1. The van der Waals surface area contributed by atoms with Gasteiger partial charge < -0.3 is 10.6 Å². The fraction of sp³-hybridized carbons (Fsp3) is 0.312. The predicted octanol–water partition coefficient (Wildman–Crippen LogP) is 1.38.